The Labute approximate surface area is 144 Å². The predicted molar refractivity (Wildman–Crippen MR) is 93.2 cm³/mol. The van der Waals surface area contributed by atoms with Gasteiger partial charge in [-0.3, -0.25) is 9.78 Å². The second kappa shape index (κ2) is 6.71. The smallest absolute Gasteiger partial charge is 0.272 e. The van der Waals surface area contributed by atoms with Crippen LogP contribution in [0.3, 0.4) is 0 Å². The summed E-state index contributed by atoms with van der Waals surface area (Å²) in [7, 11) is 0. The van der Waals surface area contributed by atoms with Gasteiger partial charge in [-0.1, -0.05) is 19.8 Å². The van der Waals surface area contributed by atoms with Crippen molar-refractivity contribution in [3.63, 3.8) is 0 Å². The normalized spacial score (nSPS) is 30.3. The summed E-state index contributed by atoms with van der Waals surface area (Å²) in [5.74, 6) is 1.41. The summed E-state index contributed by atoms with van der Waals surface area (Å²) in [6, 6.07) is 4.39. The second-order valence-corrected chi connectivity index (χ2v) is 7.45. The number of aromatic nitrogens is 1. The van der Waals surface area contributed by atoms with Gasteiger partial charge in [0.25, 0.3) is 5.91 Å². The summed E-state index contributed by atoms with van der Waals surface area (Å²) in [6.45, 7) is 6.44. The summed E-state index contributed by atoms with van der Waals surface area (Å²) < 4.78 is 5.42. The number of carbonyl (C=O) groups excluding carboxylic acids is 1. The third-order valence-corrected chi connectivity index (χ3v) is 6.00. The molecule has 0 N–H and O–H groups in total. The molecule has 3 atom stereocenters. The molecule has 4 rings (SSSR count). The maximum Gasteiger partial charge on any atom is 0.272 e. The van der Waals surface area contributed by atoms with E-state index in [9.17, 15) is 4.79 Å². The minimum Gasteiger partial charge on any atom is -0.378 e. The van der Waals surface area contributed by atoms with Crippen LogP contribution in [-0.2, 0) is 4.74 Å². The number of nitrogens with zero attached hydrogens (tertiary/aromatic N) is 3. The van der Waals surface area contributed by atoms with Crippen molar-refractivity contribution in [1.29, 1.82) is 0 Å². The van der Waals surface area contributed by atoms with Crippen LogP contribution in [0.2, 0.25) is 0 Å². The Bertz CT molecular complexity index is 600. The minimum absolute atomic E-state index is 0.117. The molecule has 1 aromatic heterocycles. The Morgan fingerprint density at radius 1 is 1.25 bits per heavy atom. The Balaban J connectivity index is 1.54. The molecule has 0 spiro atoms. The first-order valence-corrected chi connectivity index (χ1v) is 9.34. The summed E-state index contributed by atoms with van der Waals surface area (Å²) in [5, 5.41) is 0. The topological polar surface area (TPSA) is 45.7 Å². The number of rotatable bonds is 2. The standard InChI is InChI=1S/C19H27N3O2/c1-14-13-22(18-5-3-2-4-16(14)18)19(23)17-12-15(6-7-20-17)21-8-10-24-11-9-21/h6-7,12,14,16,18H,2-5,8-11,13H2,1H3. The van der Waals surface area contributed by atoms with Gasteiger partial charge in [-0.15, -0.1) is 0 Å². The number of fused-ring (bicyclic) bond motifs is 1. The molecule has 1 amide bonds. The quantitative estimate of drug-likeness (QED) is 0.836. The van der Waals surface area contributed by atoms with Gasteiger partial charge in [-0.2, -0.15) is 0 Å². The first-order chi connectivity index (χ1) is 11.7. The van der Waals surface area contributed by atoms with Crippen LogP contribution in [0.1, 0.15) is 43.1 Å². The molecular weight excluding hydrogens is 302 g/mol. The SMILES string of the molecule is CC1CN(C(=O)c2cc(N3CCOCC3)ccn2)C2CCCCC12. The highest BCUT2D eigenvalue weighted by atomic mass is 16.5. The van der Waals surface area contributed by atoms with E-state index in [2.05, 4.69) is 21.7 Å². The van der Waals surface area contributed by atoms with Crippen LogP contribution in [-0.4, -0.2) is 54.7 Å². The molecule has 0 aromatic carbocycles. The van der Waals surface area contributed by atoms with Gasteiger partial charge >= 0.3 is 0 Å². The maximum atomic E-state index is 13.1. The third kappa shape index (κ3) is 2.90. The van der Waals surface area contributed by atoms with Gasteiger partial charge in [0, 0.05) is 37.6 Å². The average molecular weight is 329 g/mol. The van der Waals surface area contributed by atoms with E-state index in [4.69, 9.17) is 4.74 Å². The lowest BCUT2D eigenvalue weighted by molar-refractivity contribution is 0.0684. The van der Waals surface area contributed by atoms with Crippen LogP contribution in [0.25, 0.3) is 0 Å². The van der Waals surface area contributed by atoms with Crippen LogP contribution in [0, 0.1) is 11.8 Å². The van der Waals surface area contributed by atoms with Crippen molar-refractivity contribution >= 4 is 11.6 Å². The van der Waals surface area contributed by atoms with E-state index in [-0.39, 0.29) is 5.91 Å². The average Bonchev–Trinajstić information content (AvgIpc) is 2.99. The van der Waals surface area contributed by atoms with Crippen molar-refractivity contribution in [2.75, 3.05) is 37.7 Å². The number of hydrogen-bond acceptors (Lipinski definition) is 4. The molecule has 3 fully saturated rings. The number of anilines is 1. The minimum atomic E-state index is 0.117. The summed E-state index contributed by atoms with van der Waals surface area (Å²) in [5.41, 5.74) is 1.68. The molecule has 130 valence electrons. The van der Waals surface area contributed by atoms with Crippen molar-refractivity contribution < 1.29 is 9.53 Å². The van der Waals surface area contributed by atoms with Crippen molar-refractivity contribution in [1.82, 2.24) is 9.88 Å². The maximum absolute atomic E-state index is 13.1. The molecule has 24 heavy (non-hydrogen) atoms. The molecule has 3 unspecified atom stereocenters. The lowest BCUT2D eigenvalue weighted by Crippen LogP contribution is -2.40. The first kappa shape index (κ1) is 15.9. The van der Waals surface area contributed by atoms with Crippen LogP contribution < -0.4 is 4.90 Å². The van der Waals surface area contributed by atoms with Crippen LogP contribution in [0.5, 0.6) is 0 Å². The fourth-order valence-corrected chi connectivity index (χ4v) is 4.71. The molecule has 0 bridgehead atoms. The monoisotopic (exact) mass is 329 g/mol. The molecule has 1 saturated carbocycles. The van der Waals surface area contributed by atoms with E-state index in [1.54, 1.807) is 6.20 Å². The molecule has 1 aromatic rings. The van der Waals surface area contributed by atoms with Crippen LogP contribution in [0.15, 0.2) is 18.3 Å². The van der Waals surface area contributed by atoms with Crippen LogP contribution >= 0.6 is 0 Å². The van der Waals surface area contributed by atoms with E-state index < -0.39 is 0 Å². The molecule has 5 heteroatoms. The van der Waals surface area contributed by atoms with Crippen molar-refractivity contribution in [3.8, 4) is 0 Å². The van der Waals surface area contributed by atoms with Crippen molar-refractivity contribution in [2.45, 2.75) is 38.6 Å². The van der Waals surface area contributed by atoms with Gasteiger partial charge in [0.05, 0.1) is 13.2 Å². The highest BCUT2D eigenvalue weighted by Crippen LogP contribution is 2.40. The summed E-state index contributed by atoms with van der Waals surface area (Å²) >= 11 is 0. The fraction of sp³-hybridized carbons (Fsp3) is 0.684. The fourth-order valence-electron chi connectivity index (χ4n) is 4.71. The largest absolute Gasteiger partial charge is 0.378 e. The van der Waals surface area contributed by atoms with Gasteiger partial charge < -0.3 is 14.5 Å². The van der Waals surface area contributed by atoms with Gasteiger partial charge in [0.1, 0.15) is 5.69 Å². The number of amides is 1. The molecule has 2 aliphatic heterocycles. The number of hydrogen-bond donors (Lipinski definition) is 0. The highest BCUT2D eigenvalue weighted by molar-refractivity contribution is 5.93. The van der Waals surface area contributed by atoms with E-state index in [1.807, 2.05) is 12.1 Å². The second-order valence-electron chi connectivity index (χ2n) is 7.45. The Morgan fingerprint density at radius 3 is 2.88 bits per heavy atom. The van der Waals surface area contributed by atoms with E-state index >= 15 is 0 Å². The molecule has 2 saturated heterocycles. The predicted octanol–water partition coefficient (Wildman–Crippen LogP) is 2.57. The molecular formula is C19H27N3O2. The lowest BCUT2D eigenvalue weighted by Gasteiger charge is -2.32. The summed E-state index contributed by atoms with van der Waals surface area (Å²) in [6.07, 6.45) is 6.77. The highest BCUT2D eigenvalue weighted by Gasteiger charge is 2.43. The molecule has 1 aliphatic carbocycles. The Morgan fingerprint density at radius 2 is 2.04 bits per heavy atom. The van der Waals surface area contributed by atoms with Gasteiger partial charge in [0.15, 0.2) is 0 Å². The summed E-state index contributed by atoms with van der Waals surface area (Å²) in [4.78, 5) is 21.9. The molecule has 3 aliphatic rings. The number of likely N-dealkylation sites (tertiary alicyclic amines) is 1. The van der Waals surface area contributed by atoms with Gasteiger partial charge in [-0.25, -0.2) is 0 Å². The van der Waals surface area contributed by atoms with E-state index in [0.29, 0.717) is 23.6 Å². The zero-order valence-electron chi connectivity index (χ0n) is 14.5. The lowest BCUT2D eigenvalue weighted by atomic mass is 9.80. The number of morpholine rings is 1. The van der Waals surface area contributed by atoms with Gasteiger partial charge in [0.2, 0.25) is 0 Å². The number of pyridine rings is 1. The van der Waals surface area contributed by atoms with E-state index in [1.165, 1.54) is 19.3 Å². The Kier molecular flexibility index (Phi) is 4.44. The molecule has 3 heterocycles. The number of ether oxygens (including phenoxy) is 1. The number of carbonyl (C=O) groups is 1. The van der Waals surface area contributed by atoms with Crippen molar-refractivity contribution in [2.24, 2.45) is 11.8 Å². The zero-order valence-corrected chi connectivity index (χ0v) is 14.5. The van der Waals surface area contributed by atoms with Gasteiger partial charge in [-0.05, 0) is 36.8 Å². The zero-order chi connectivity index (χ0) is 16.5. The van der Waals surface area contributed by atoms with Crippen molar-refractivity contribution in [3.05, 3.63) is 24.0 Å². The van der Waals surface area contributed by atoms with E-state index in [0.717, 1.165) is 45.0 Å². The Hall–Kier alpha value is -1.62. The third-order valence-electron chi connectivity index (χ3n) is 6.00. The van der Waals surface area contributed by atoms with Crippen LogP contribution in [0.4, 0.5) is 5.69 Å². The molecule has 5 nitrogen and oxygen atoms in total. The molecule has 0 radical (unpaired) electrons. The first-order valence-electron chi connectivity index (χ1n) is 9.34.